The molecule has 11 rings (SSSR count). The monoisotopic (exact) mass is 681 g/mol. The molecule has 242 valence electrons. The first-order valence-corrected chi connectivity index (χ1v) is 18.2. The number of hydrogen-bond donors (Lipinski definition) is 0. The largest absolute Gasteiger partial charge is 0.456 e. The van der Waals surface area contributed by atoms with Gasteiger partial charge in [-0.2, -0.15) is 0 Å². The number of aromatic nitrogens is 3. The lowest BCUT2D eigenvalue weighted by molar-refractivity contribution is 0.669. The molecule has 3 heterocycles. The highest BCUT2D eigenvalue weighted by Crippen LogP contribution is 2.41. The lowest BCUT2D eigenvalue weighted by Crippen LogP contribution is -2.00. The summed E-state index contributed by atoms with van der Waals surface area (Å²) in [5, 5.41) is 9.54. The highest BCUT2D eigenvalue weighted by Gasteiger charge is 2.17. The Labute approximate surface area is 302 Å². The van der Waals surface area contributed by atoms with Crippen molar-refractivity contribution in [3.8, 4) is 45.3 Å². The van der Waals surface area contributed by atoms with Crippen LogP contribution in [0.15, 0.2) is 168 Å². The van der Waals surface area contributed by atoms with Crippen LogP contribution < -0.4 is 0 Å². The average Bonchev–Trinajstić information content (AvgIpc) is 3.78. The zero-order valence-corrected chi connectivity index (χ0v) is 28.6. The second kappa shape index (κ2) is 11.4. The molecule has 11 aromatic rings. The van der Waals surface area contributed by atoms with Crippen molar-refractivity contribution in [2.45, 2.75) is 0 Å². The standard InChI is InChI=1S/C47H27N3OS/c1-2-10-29(11-3-1)45-48-46(32-20-22-35-30(25-32)18-17-28-9-4-5-12-34(28)35)50-47(49-45)33-21-24-38-37-23-19-31(26-41(37)51-42(38)27-33)36-14-8-15-40-39-13-6-7-16-43(39)52-44(36)40/h1-27H. The first kappa shape index (κ1) is 29.1. The molecule has 3 aromatic heterocycles. The topological polar surface area (TPSA) is 51.8 Å². The molecule has 0 fully saturated rings. The van der Waals surface area contributed by atoms with E-state index in [4.69, 9.17) is 19.4 Å². The van der Waals surface area contributed by atoms with Gasteiger partial charge in [0.1, 0.15) is 11.2 Å². The first-order chi connectivity index (χ1) is 25.7. The molecule has 0 amide bonds. The van der Waals surface area contributed by atoms with Crippen LogP contribution in [0.1, 0.15) is 0 Å². The van der Waals surface area contributed by atoms with Gasteiger partial charge in [0.05, 0.1) is 0 Å². The number of fused-ring (bicyclic) bond motifs is 9. The fourth-order valence-electron chi connectivity index (χ4n) is 7.56. The SMILES string of the molecule is c1ccc(-c2nc(-c3ccc4c(ccc5ccccc54)c3)nc(-c3ccc4c(c3)oc3cc(-c5cccc6c5sc5ccccc56)ccc34)n2)cc1. The fourth-order valence-corrected chi connectivity index (χ4v) is 8.80. The molecule has 0 spiro atoms. The summed E-state index contributed by atoms with van der Waals surface area (Å²) in [6.07, 6.45) is 0. The summed E-state index contributed by atoms with van der Waals surface area (Å²) in [7, 11) is 0. The van der Waals surface area contributed by atoms with Crippen LogP contribution >= 0.6 is 11.3 Å². The molecule has 0 bridgehead atoms. The zero-order valence-electron chi connectivity index (χ0n) is 27.7. The van der Waals surface area contributed by atoms with Crippen LogP contribution in [0.3, 0.4) is 0 Å². The molecule has 8 aromatic carbocycles. The van der Waals surface area contributed by atoms with Gasteiger partial charge >= 0.3 is 0 Å². The molecule has 0 unspecified atom stereocenters. The Morgan fingerprint density at radius 2 is 0.942 bits per heavy atom. The highest BCUT2D eigenvalue weighted by molar-refractivity contribution is 7.26. The van der Waals surface area contributed by atoms with Crippen LogP contribution in [0, 0.1) is 0 Å². The molecule has 0 saturated heterocycles. The van der Waals surface area contributed by atoms with Crippen LogP contribution in [-0.2, 0) is 0 Å². The second-order valence-electron chi connectivity index (χ2n) is 13.2. The summed E-state index contributed by atoms with van der Waals surface area (Å²) >= 11 is 1.84. The van der Waals surface area contributed by atoms with Gasteiger partial charge in [0.25, 0.3) is 0 Å². The normalized spacial score (nSPS) is 11.8. The lowest BCUT2D eigenvalue weighted by Gasteiger charge is -2.10. The van der Waals surface area contributed by atoms with E-state index >= 15 is 0 Å². The van der Waals surface area contributed by atoms with Gasteiger partial charge in [-0.1, -0.05) is 127 Å². The Kier molecular flexibility index (Phi) is 6.39. The third-order valence-electron chi connectivity index (χ3n) is 10.1. The predicted octanol–water partition coefficient (Wildman–Crippen LogP) is 13.1. The van der Waals surface area contributed by atoms with Crippen molar-refractivity contribution in [1.82, 2.24) is 15.0 Å². The number of benzene rings is 8. The van der Waals surface area contributed by atoms with E-state index in [1.807, 2.05) is 41.7 Å². The Morgan fingerprint density at radius 1 is 0.365 bits per heavy atom. The average molecular weight is 682 g/mol. The minimum Gasteiger partial charge on any atom is -0.456 e. The number of hydrogen-bond acceptors (Lipinski definition) is 5. The van der Waals surface area contributed by atoms with Crippen LogP contribution in [0.4, 0.5) is 0 Å². The van der Waals surface area contributed by atoms with Crippen LogP contribution in [-0.4, -0.2) is 15.0 Å². The Balaban J connectivity index is 1.03. The molecule has 0 saturated carbocycles. The smallest absolute Gasteiger partial charge is 0.164 e. The Morgan fingerprint density at radius 3 is 1.75 bits per heavy atom. The van der Waals surface area contributed by atoms with Crippen LogP contribution in [0.25, 0.3) is 109 Å². The van der Waals surface area contributed by atoms with Gasteiger partial charge in [-0.15, -0.1) is 11.3 Å². The summed E-state index contributed by atoms with van der Waals surface area (Å²) in [5.74, 6) is 1.86. The lowest BCUT2D eigenvalue weighted by atomic mass is 10.00. The van der Waals surface area contributed by atoms with Crippen molar-refractivity contribution in [2.75, 3.05) is 0 Å². The Hall–Kier alpha value is -6.69. The third-order valence-corrected chi connectivity index (χ3v) is 11.3. The molecule has 0 radical (unpaired) electrons. The maximum absolute atomic E-state index is 6.59. The Bertz CT molecular complexity index is 3200. The summed E-state index contributed by atoms with van der Waals surface area (Å²) < 4.78 is 9.19. The summed E-state index contributed by atoms with van der Waals surface area (Å²) in [6, 6.07) is 57.4. The van der Waals surface area contributed by atoms with Gasteiger partial charge in [-0.25, -0.2) is 15.0 Å². The molecule has 0 atom stereocenters. The fraction of sp³-hybridized carbons (Fsp3) is 0. The van der Waals surface area contributed by atoms with Gasteiger partial charge < -0.3 is 4.42 Å². The van der Waals surface area contributed by atoms with E-state index in [0.29, 0.717) is 17.5 Å². The van der Waals surface area contributed by atoms with E-state index in [2.05, 4.69) is 133 Å². The van der Waals surface area contributed by atoms with Crippen molar-refractivity contribution >= 4 is 75.0 Å². The maximum atomic E-state index is 6.59. The van der Waals surface area contributed by atoms with Crippen molar-refractivity contribution < 1.29 is 4.42 Å². The van der Waals surface area contributed by atoms with Crippen LogP contribution in [0.5, 0.6) is 0 Å². The van der Waals surface area contributed by atoms with E-state index in [9.17, 15) is 0 Å². The van der Waals surface area contributed by atoms with E-state index in [0.717, 1.165) is 49.6 Å². The minimum atomic E-state index is 0.599. The minimum absolute atomic E-state index is 0.599. The van der Waals surface area contributed by atoms with Gasteiger partial charge in [-0.05, 0) is 69.1 Å². The first-order valence-electron chi connectivity index (χ1n) is 17.3. The number of furan rings is 1. The molecule has 0 aliphatic heterocycles. The van der Waals surface area contributed by atoms with E-state index in [-0.39, 0.29) is 0 Å². The molecule has 0 N–H and O–H groups in total. The second-order valence-corrected chi connectivity index (χ2v) is 14.3. The molecule has 52 heavy (non-hydrogen) atoms. The molecular weight excluding hydrogens is 655 g/mol. The third kappa shape index (κ3) is 4.64. The zero-order chi connectivity index (χ0) is 34.2. The molecule has 4 nitrogen and oxygen atoms in total. The summed E-state index contributed by atoms with van der Waals surface area (Å²) in [6.45, 7) is 0. The number of rotatable bonds is 4. The van der Waals surface area contributed by atoms with Crippen molar-refractivity contribution in [3.05, 3.63) is 164 Å². The molecule has 0 aliphatic rings. The van der Waals surface area contributed by atoms with E-state index in [1.54, 1.807) is 0 Å². The summed E-state index contributed by atoms with van der Waals surface area (Å²) in [5.41, 5.74) is 6.75. The van der Waals surface area contributed by atoms with Gasteiger partial charge in [0.2, 0.25) is 0 Å². The van der Waals surface area contributed by atoms with Crippen molar-refractivity contribution in [1.29, 1.82) is 0 Å². The molecule has 0 aliphatic carbocycles. The van der Waals surface area contributed by atoms with Gasteiger partial charge in [-0.3, -0.25) is 0 Å². The van der Waals surface area contributed by atoms with Crippen molar-refractivity contribution in [3.63, 3.8) is 0 Å². The number of nitrogens with zero attached hydrogens (tertiary/aromatic N) is 3. The van der Waals surface area contributed by atoms with E-state index in [1.165, 1.54) is 41.9 Å². The maximum Gasteiger partial charge on any atom is 0.164 e. The van der Waals surface area contributed by atoms with E-state index < -0.39 is 0 Å². The number of thiophene rings is 1. The van der Waals surface area contributed by atoms with Gasteiger partial charge in [0.15, 0.2) is 17.5 Å². The van der Waals surface area contributed by atoms with Gasteiger partial charge in [0, 0.05) is 47.6 Å². The molecular formula is C47H27N3OS. The quantitative estimate of drug-likeness (QED) is 0.174. The summed E-state index contributed by atoms with van der Waals surface area (Å²) in [4.78, 5) is 15.1. The predicted molar refractivity (Wildman–Crippen MR) is 217 cm³/mol. The van der Waals surface area contributed by atoms with Crippen LogP contribution in [0.2, 0.25) is 0 Å². The van der Waals surface area contributed by atoms with Crippen molar-refractivity contribution in [2.24, 2.45) is 0 Å². The molecule has 5 heteroatoms. The highest BCUT2D eigenvalue weighted by atomic mass is 32.1.